The zero-order chi connectivity index (χ0) is 19.4. The minimum absolute atomic E-state index is 0.239. The molecule has 0 bridgehead atoms. The van der Waals surface area contributed by atoms with Gasteiger partial charge >= 0.3 is 5.97 Å². The molecule has 1 aromatic carbocycles. The summed E-state index contributed by atoms with van der Waals surface area (Å²) >= 11 is 14.0. The summed E-state index contributed by atoms with van der Waals surface area (Å²) in [6.45, 7) is 4.58. The lowest BCUT2D eigenvalue weighted by atomic mass is 9.97. The molecule has 1 N–H and O–H groups in total. The van der Waals surface area contributed by atoms with Crippen molar-refractivity contribution < 1.29 is 9.90 Å². The van der Waals surface area contributed by atoms with E-state index in [1.807, 2.05) is 18.2 Å². The van der Waals surface area contributed by atoms with Gasteiger partial charge in [-0.1, -0.05) is 35.3 Å². The third-order valence-electron chi connectivity index (χ3n) is 4.99. The molecule has 27 heavy (non-hydrogen) atoms. The largest absolute Gasteiger partial charge is 0.481 e. The number of halogens is 2. The molecule has 0 saturated carbocycles. The molecule has 1 aliphatic rings. The first kappa shape index (κ1) is 20.4. The van der Waals surface area contributed by atoms with Crippen LogP contribution in [0.5, 0.6) is 0 Å². The molecule has 6 heteroatoms. The normalized spacial score (nSPS) is 18.6. The zero-order valence-corrected chi connectivity index (χ0v) is 17.6. The molecule has 0 spiro atoms. The monoisotopic (exact) mass is 423 g/mol. The Morgan fingerprint density at radius 1 is 1.33 bits per heavy atom. The fourth-order valence-corrected chi connectivity index (χ4v) is 4.79. The van der Waals surface area contributed by atoms with E-state index in [1.165, 1.54) is 10.4 Å². The van der Waals surface area contributed by atoms with Crippen LogP contribution in [0.1, 0.15) is 35.3 Å². The van der Waals surface area contributed by atoms with Gasteiger partial charge in [-0.3, -0.25) is 4.79 Å². The lowest BCUT2D eigenvalue weighted by Gasteiger charge is -2.30. The first-order valence-corrected chi connectivity index (χ1v) is 10.7. The highest BCUT2D eigenvalue weighted by molar-refractivity contribution is 7.11. The molecule has 144 valence electrons. The van der Waals surface area contributed by atoms with E-state index in [-0.39, 0.29) is 5.92 Å². The number of thiophene rings is 1. The summed E-state index contributed by atoms with van der Waals surface area (Å²) in [6, 6.07) is 7.86. The molecule has 1 saturated heterocycles. The second-order valence-electron chi connectivity index (χ2n) is 6.95. The molecule has 0 amide bonds. The molecule has 2 aromatic rings. The quantitative estimate of drug-likeness (QED) is 0.620. The molecule has 3 nitrogen and oxygen atoms in total. The van der Waals surface area contributed by atoms with Gasteiger partial charge < -0.3 is 10.0 Å². The Morgan fingerprint density at radius 3 is 2.81 bits per heavy atom. The summed E-state index contributed by atoms with van der Waals surface area (Å²) < 4.78 is 0. The number of likely N-dealkylation sites (tertiary alicyclic amines) is 1. The van der Waals surface area contributed by atoms with Gasteiger partial charge in [-0.05, 0) is 73.0 Å². The highest BCUT2D eigenvalue weighted by atomic mass is 35.5. The van der Waals surface area contributed by atoms with Crippen LogP contribution in [0, 0.1) is 12.8 Å². The predicted molar refractivity (Wildman–Crippen MR) is 114 cm³/mol. The molecular weight excluding hydrogens is 401 g/mol. The van der Waals surface area contributed by atoms with Gasteiger partial charge in [0, 0.05) is 18.0 Å². The fourth-order valence-electron chi connectivity index (χ4n) is 3.51. The molecule has 0 aliphatic carbocycles. The summed E-state index contributed by atoms with van der Waals surface area (Å²) in [6.07, 6.45) is 4.83. The number of benzene rings is 1. The first-order valence-electron chi connectivity index (χ1n) is 9.11. The van der Waals surface area contributed by atoms with Gasteiger partial charge in [-0.2, -0.15) is 0 Å². The number of hydrogen-bond donors (Lipinski definition) is 1. The Morgan fingerprint density at radius 2 is 2.15 bits per heavy atom. The van der Waals surface area contributed by atoms with E-state index in [1.54, 1.807) is 11.3 Å². The van der Waals surface area contributed by atoms with Crippen molar-refractivity contribution >= 4 is 46.1 Å². The Bertz CT molecular complexity index is 846. The number of carbonyl (C=O) groups is 1. The Balaban J connectivity index is 1.78. The minimum Gasteiger partial charge on any atom is -0.481 e. The van der Waals surface area contributed by atoms with E-state index < -0.39 is 5.97 Å². The van der Waals surface area contributed by atoms with Crippen LogP contribution in [-0.4, -0.2) is 35.6 Å². The first-order chi connectivity index (χ1) is 13.0. The predicted octanol–water partition coefficient (Wildman–Crippen LogP) is 5.98. The smallest absolute Gasteiger partial charge is 0.307 e. The number of aryl methyl sites for hydroxylation is 1. The van der Waals surface area contributed by atoms with Gasteiger partial charge in [-0.15, -0.1) is 11.3 Å². The van der Waals surface area contributed by atoms with Crippen molar-refractivity contribution in [2.24, 2.45) is 5.92 Å². The van der Waals surface area contributed by atoms with Crippen LogP contribution in [-0.2, 0) is 4.79 Å². The fraction of sp³-hybridized carbons (Fsp3) is 0.381. The van der Waals surface area contributed by atoms with E-state index in [0.717, 1.165) is 43.5 Å². The van der Waals surface area contributed by atoms with Gasteiger partial charge in [0.05, 0.1) is 16.0 Å². The van der Waals surface area contributed by atoms with Gasteiger partial charge in [-0.25, -0.2) is 0 Å². The van der Waals surface area contributed by atoms with Crippen LogP contribution in [0.15, 0.2) is 35.7 Å². The maximum atomic E-state index is 11.3. The molecule has 1 atom stereocenters. The van der Waals surface area contributed by atoms with E-state index in [9.17, 15) is 9.90 Å². The third kappa shape index (κ3) is 5.14. The second-order valence-corrected chi connectivity index (χ2v) is 8.68. The van der Waals surface area contributed by atoms with E-state index >= 15 is 0 Å². The van der Waals surface area contributed by atoms with Crippen molar-refractivity contribution in [3.63, 3.8) is 0 Å². The maximum Gasteiger partial charge on any atom is 0.307 e. The molecule has 1 aliphatic heterocycles. The standard InChI is InChI=1S/C21H23Cl2NO2S/c1-14-8-11-27-20(14)17(15-6-7-18(22)19(23)12-15)5-3-10-24-9-2-4-16(13-24)21(25)26/h5-8,11-12,16H,2-4,9-10,13H2,1H3,(H,25,26)/b17-5-. The molecule has 3 rings (SSSR count). The number of carboxylic acids is 1. The number of piperidine rings is 1. The van der Waals surface area contributed by atoms with E-state index in [4.69, 9.17) is 23.2 Å². The number of rotatable bonds is 6. The Kier molecular flexibility index (Phi) is 6.99. The molecule has 1 fully saturated rings. The summed E-state index contributed by atoms with van der Waals surface area (Å²) in [4.78, 5) is 14.7. The van der Waals surface area contributed by atoms with Crippen LogP contribution in [0.25, 0.3) is 5.57 Å². The topological polar surface area (TPSA) is 40.5 Å². The summed E-state index contributed by atoms with van der Waals surface area (Å²) in [5.74, 6) is -0.919. The van der Waals surface area contributed by atoms with E-state index in [0.29, 0.717) is 16.6 Å². The second kappa shape index (κ2) is 9.24. The summed E-state index contributed by atoms with van der Waals surface area (Å²) in [7, 11) is 0. The minimum atomic E-state index is -0.680. The van der Waals surface area contributed by atoms with E-state index in [2.05, 4.69) is 29.3 Å². The summed E-state index contributed by atoms with van der Waals surface area (Å²) in [5.41, 5.74) is 3.45. The van der Waals surface area contributed by atoms with Crippen LogP contribution in [0.3, 0.4) is 0 Å². The molecular formula is C21H23Cl2NO2S. The van der Waals surface area contributed by atoms with Gasteiger partial charge in [0.15, 0.2) is 0 Å². The van der Waals surface area contributed by atoms with Gasteiger partial charge in [0.2, 0.25) is 0 Å². The van der Waals surface area contributed by atoms with Crippen molar-refractivity contribution in [2.75, 3.05) is 19.6 Å². The number of nitrogens with zero attached hydrogens (tertiary/aromatic N) is 1. The zero-order valence-electron chi connectivity index (χ0n) is 15.3. The van der Waals surface area contributed by atoms with Crippen LogP contribution in [0.2, 0.25) is 10.0 Å². The molecule has 0 radical (unpaired) electrons. The Hall–Kier alpha value is -1.33. The number of carboxylic acid groups (broad SMARTS) is 1. The van der Waals surface area contributed by atoms with Crippen molar-refractivity contribution in [2.45, 2.75) is 26.2 Å². The highest BCUT2D eigenvalue weighted by Gasteiger charge is 2.24. The summed E-state index contributed by atoms with van der Waals surface area (Å²) in [5, 5.41) is 12.5. The average Bonchev–Trinajstić information content (AvgIpc) is 3.07. The van der Waals surface area contributed by atoms with Crippen LogP contribution in [0.4, 0.5) is 0 Å². The SMILES string of the molecule is Cc1ccsc1/C(=C\CCN1CCCC(C(=O)O)C1)c1ccc(Cl)c(Cl)c1. The molecule has 1 unspecified atom stereocenters. The Labute approximate surface area is 174 Å². The van der Waals surface area contributed by atoms with Gasteiger partial charge in [0.1, 0.15) is 0 Å². The van der Waals surface area contributed by atoms with Crippen molar-refractivity contribution in [1.29, 1.82) is 0 Å². The average molecular weight is 424 g/mol. The maximum absolute atomic E-state index is 11.3. The van der Waals surface area contributed by atoms with Crippen LogP contribution >= 0.6 is 34.5 Å². The highest BCUT2D eigenvalue weighted by Crippen LogP contribution is 2.34. The number of aliphatic carboxylic acids is 1. The third-order valence-corrected chi connectivity index (χ3v) is 6.77. The van der Waals surface area contributed by atoms with Crippen molar-refractivity contribution in [1.82, 2.24) is 4.90 Å². The lowest BCUT2D eigenvalue weighted by Crippen LogP contribution is -2.39. The molecule has 2 heterocycles. The van der Waals surface area contributed by atoms with Gasteiger partial charge in [0.25, 0.3) is 0 Å². The molecule has 1 aromatic heterocycles. The van der Waals surface area contributed by atoms with Crippen molar-refractivity contribution in [3.05, 3.63) is 61.8 Å². The van der Waals surface area contributed by atoms with Crippen molar-refractivity contribution in [3.8, 4) is 0 Å². The number of hydrogen-bond acceptors (Lipinski definition) is 3. The van der Waals surface area contributed by atoms with Crippen LogP contribution < -0.4 is 0 Å². The lowest BCUT2D eigenvalue weighted by molar-refractivity contribution is -0.143.